The van der Waals surface area contributed by atoms with Gasteiger partial charge < -0.3 is 11.1 Å². The number of anilines is 1. The molecule has 1 aromatic rings. The van der Waals surface area contributed by atoms with Crippen molar-refractivity contribution in [3.05, 3.63) is 42.0 Å². The van der Waals surface area contributed by atoms with E-state index in [2.05, 4.69) is 5.32 Å². The van der Waals surface area contributed by atoms with Crippen LogP contribution >= 0.6 is 0 Å². The Hall–Kier alpha value is -1.77. The Balaban J connectivity index is 2.64. The molecule has 1 aromatic carbocycles. The van der Waals surface area contributed by atoms with Crippen molar-refractivity contribution in [3.63, 3.8) is 0 Å². The Morgan fingerprint density at radius 1 is 1.40 bits per heavy atom. The van der Waals surface area contributed by atoms with E-state index in [1.165, 1.54) is 6.08 Å². The number of nitrogens with one attached hydrogen (secondary N) is 1. The largest absolute Gasteiger partial charge is 0.399 e. The normalized spacial score (nSPS) is 12.7. The Kier molecular flexibility index (Phi) is 3.92. The van der Waals surface area contributed by atoms with Crippen LogP contribution in [0.2, 0.25) is 0 Å². The van der Waals surface area contributed by atoms with Gasteiger partial charge in [-0.2, -0.15) is 0 Å². The van der Waals surface area contributed by atoms with Gasteiger partial charge in [-0.1, -0.05) is 18.2 Å². The van der Waals surface area contributed by atoms with E-state index in [0.29, 0.717) is 0 Å². The number of hydrogen-bond donors (Lipinski definition) is 2. The number of hydrogen-bond acceptors (Lipinski definition) is 2. The Morgan fingerprint density at radius 3 is 2.53 bits per heavy atom. The highest BCUT2D eigenvalue weighted by Crippen LogP contribution is 2.13. The van der Waals surface area contributed by atoms with Crippen molar-refractivity contribution in [3.8, 4) is 0 Å². The summed E-state index contributed by atoms with van der Waals surface area (Å²) in [5.41, 5.74) is 7.35. The monoisotopic (exact) mass is 204 g/mol. The van der Waals surface area contributed by atoms with Gasteiger partial charge >= 0.3 is 0 Å². The van der Waals surface area contributed by atoms with Gasteiger partial charge in [0.1, 0.15) is 0 Å². The first-order valence-electron chi connectivity index (χ1n) is 4.92. The van der Waals surface area contributed by atoms with Crippen molar-refractivity contribution in [2.75, 3.05) is 5.73 Å². The molecule has 3 nitrogen and oxygen atoms in total. The van der Waals surface area contributed by atoms with Crippen molar-refractivity contribution in [1.29, 1.82) is 0 Å². The molecule has 0 heterocycles. The Morgan fingerprint density at radius 2 is 2.00 bits per heavy atom. The van der Waals surface area contributed by atoms with Crippen LogP contribution < -0.4 is 11.1 Å². The van der Waals surface area contributed by atoms with Gasteiger partial charge in [0.15, 0.2) is 0 Å². The van der Waals surface area contributed by atoms with Gasteiger partial charge in [0, 0.05) is 5.69 Å². The lowest BCUT2D eigenvalue weighted by Gasteiger charge is -2.12. The number of rotatable bonds is 3. The standard InChI is InChI=1S/C12H16N2O/c1-3-4-12(15)14-9(2)10-5-7-11(13)8-6-10/h3-9H,13H2,1-2H3,(H,14,15)/b4-3+. The van der Waals surface area contributed by atoms with Gasteiger partial charge in [0.2, 0.25) is 5.91 Å². The quantitative estimate of drug-likeness (QED) is 0.584. The zero-order valence-corrected chi connectivity index (χ0v) is 9.03. The molecule has 1 atom stereocenters. The van der Waals surface area contributed by atoms with E-state index in [4.69, 9.17) is 5.73 Å². The van der Waals surface area contributed by atoms with Gasteiger partial charge in [-0.3, -0.25) is 4.79 Å². The highest BCUT2D eigenvalue weighted by Gasteiger charge is 2.06. The average Bonchev–Trinajstić information content (AvgIpc) is 2.18. The van der Waals surface area contributed by atoms with Gasteiger partial charge in [-0.05, 0) is 37.6 Å². The van der Waals surface area contributed by atoms with Crippen molar-refractivity contribution in [1.82, 2.24) is 5.32 Å². The van der Waals surface area contributed by atoms with E-state index in [0.717, 1.165) is 11.3 Å². The molecule has 0 bridgehead atoms. The van der Waals surface area contributed by atoms with Gasteiger partial charge in [-0.15, -0.1) is 0 Å². The topological polar surface area (TPSA) is 55.1 Å². The second kappa shape index (κ2) is 5.20. The summed E-state index contributed by atoms with van der Waals surface area (Å²) in [5.74, 6) is -0.0816. The molecular formula is C12H16N2O. The molecule has 0 aliphatic heterocycles. The fraction of sp³-hybridized carbons (Fsp3) is 0.250. The Bertz CT molecular complexity index is 354. The Labute approximate surface area is 90.0 Å². The first-order chi connectivity index (χ1) is 7.13. The highest BCUT2D eigenvalue weighted by atomic mass is 16.1. The van der Waals surface area contributed by atoms with E-state index >= 15 is 0 Å². The molecule has 1 rings (SSSR count). The number of amides is 1. The molecule has 0 fully saturated rings. The van der Waals surface area contributed by atoms with Crippen LogP contribution in [-0.4, -0.2) is 5.91 Å². The molecule has 3 N–H and O–H groups in total. The summed E-state index contributed by atoms with van der Waals surface area (Å²) in [4.78, 5) is 11.3. The van der Waals surface area contributed by atoms with E-state index in [9.17, 15) is 4.79 Å². The number of carbonyl (C=O) groups excluding carboxylic acids is 1. The lowest BCUT2D eigenvalue weighted by atomic mass is 10.1. The third-order valence-corrected chi connectivity index (χ3v) is 2.11. The second-order valence-electron chi connectivity index (χ2n) is 3.40. The van der Waals surface area contributed by atoms with E-state index < -0.39 is 0 Å². The third kappa shape index (κ3) is 3.46. The SMILES string of the molecule is C/C=C/C(=O)NC(C)c1ccc(N)cc1. The lowest BCUT2D eigenvalue weighted by molar-refractivity contribution is -0.117. The average molecular weight is 204 g/mol. The van der Waals surface area contributed by atoms with Crippen LogP contribution in [0.15, 0.2) is 36.4 Å². The summed E-state index contributed by atoms with van der Waals surface area (Å²) < 4.78 is 0. The fourth-order valence-electron chi connectivity index (χ4n) is 1.28. The summed E-state index contributed by atoms with van der Waals surface area (Å²) in [6.45, 7) is 3.75. The zero-order valence-electron chi connectivity index (χ0n) is 9.03. The molecule has 0 saturated heterocycles. The third-order valence-electron chi connectivity index (χ3n) is 2.11. The van der Waals surface area contributed by atoms with Crippen LogP contribution in [0.4, 0.5) is 5.69 Å². The minimum atomic E-state index is -0.0816. The second-order valence-corrected chi connectivity index (χ2v) is 3.40. The van der Waals surface area contributed by atoms with Crippen LogP contribution in [0.25, 0.3) is 0 Å². The molecule has 0 aliphatic rings. The van der Waals surface area contributed by atoms with Crippen molar-refractivity contribution >= 4 is 11.6 Å². The van der Waals surface area contributed by atoms with E-state index in [1.807, 2.05) is 38.1 Å². The first-order valence-corrected chi connectivity index (χ1v) is 4.92. The van der Waals surface area contributed by atoms with Gasteiger partial charge in [0.25, 0.3) is 0 Å². The maximum atomic E-state index is 11.3. The van der Waals surface area contributed by atoms with Crippen molar-refractivity contribution in [2.45, 2.75) is 19.9 Å². The molecule has 1 unspecified atom stereocenters. The molecule has 0 radical (unpaired) electrons. The summed E-state index contributed by atoms with van der Waals surface area (Å²) >= 11 is 0. The number of carbonyl (C=O) groups is 1. The molecule has 0 aliphatic carbocycles. The van der Waals surface area contributed by atoms with Crippen molar-refractivity contribution in [2.24, 2.45) is 0 Å². The first kappa shape index (κ1) is 11.3. The maximum absolute atomic E-state index is 11.3. The van der Waals surface area contributed by atoms with Crippen LogP contribution in [0.3, 0.4) is 0 Å². The highest BCUT2D eigenvalue weighted by molar-refractivity contribution is 5.87. The molecule has 80 valence electrons. The summed E-state index contributed by atoms with van der Waals surface area (Å²) in [6, 6.07) is 7.47. The van der Waals surface area contributed by atoms with E-state index in [-0.39, 0.29) is 11.9 Å². The molecule has 0 spiro atoms. The summed E-state index contributed by atoms with van der Waals surface area (Å²) in [7, 11) is 0. The number of nitrogens with two attached hydrogens (primary N) is 1. The number of nitrogen functional groups attached to an aromatic ring is 1. The molecule has 1 amide bonds. The molecule has 3 heteroatoms. The maximum Gasteiger partial charge on any atom is 0.244 e. The predicted molar refractivity (Wildman–Crippen MR) is 62.2 cm³/mol. The minimum Gasteiger partial charge on any atom is -0.399 e. The fourth-order valence-corrected chi connectivity index (χ4v) is 1.28. The number of allylic oxidation sites excluding steroid dienone is 1. The molecule has 0 saturated carbocycles. The van der Waals surface area contributed by atoms with Crippen LogP contribution in [0.5, 0.6) is 0 Å². The van der Waals surface area contributed by atoms with E-state index in [1.54, 1.807) is 6.08 Å². The molecular weight excluding hydrogens is 188 g/mol. The smallest absolute Gasteiger partial charge is 0.244 e. The summed E-state index contributed by atoms with van der Waals surface area (Å²) in [6.07, 6.45) is 3.22. The lowest BCUT2D eigenvalue weighted by Crippen LogP contribution is -2.24. The molecule has 15 heavy (non-hydrogen) atoms. The van der Waals surface area contributed by atoms with Gasteiger partial charge in [-0.25, -0.2) is 0 Å². The minimum absolute atomic E-state index is 0.00528. The zero-order chi connectivity index (χ0) is 11.3. The van der Waals surface area contributed by atoms with Crippen LogP contribution in [0, 0.1) is 0 Å². The predicted octanol–water partition coefficient (Wildman–Crippen LogP) is 2.02. The molecule has 0 aromatic heterocycles. The van der Waals surface area contributed by atoms with Gasteiger partial charge in [0.05, 0.1) is 6.04 Å². The summed E-state index contributed by atoms with van der Waals surface area (Å²) in [5, 5.41) is 2.85. The van der Waals surface area contributed by atoms with Crippen molar-refractivity contribution < 1.29 is 4.79 Å². The number of benzene rings is 1. The van der Waals surface area contributed by atoms with Crippen LogP contribution in [0.1, 0.15) is 25.5 Å². The van der Waals surface area contributed by atoms with Crippen LogP contribution in [-0.2, 0) is 4.79 Å².